The maximum absolute atomic E-state index is 13.7. The third-order valence-corrected chi connectivity index (χ3v) is 3.09. The average molecular weight is 277 g/mol. The molecule has 1 N–H and O–H groups in total. The zero-order valence-corrected chi connectivity index (χ0v) is 10.4. The van der Waals surface area contributed by atoms with Crippen LogP contribution in [0.2, 0.25) is 0 Å². The minimum atomic E-state index is -4.36. The van der Waals surface area contributed by atoms with Crippen molar-refractivity contribution in [3.05, 3.63) is 29.6 Å². The van der Waals surface area contributed by atoms with Gasteiger partial charge in [0.15, 0.2) is 0 Å². The highest BCUT2D eigenvalue weighted by atomic mass is 19.4. The number of aliphatic hydroxyl groups excluding tert-OH is 1. The van der Waals surface area contributed by atoms with Crippen LogP contribution < -0.4 is 4.90 Å². The first kappa shape index (κ1) is 14.1. The maximum atomic E-state index is 13.7. The molecule has 0 radical (unpaired) electrons. The van der Waals surface area contributed by atoms with Crippen molar-refractivity contribution in [3.63, 3.8) is 0 Å². The highest BCUT2D eigenvalue weighted by Crippen LogP contribution is 2.38. The summed E-state index contributed by atoms with van der Waals surface area (Å²) in [4.78, 5) is 1.14. The zero-order valence-electron chi connectivity index (χ0n) is 10.4. The Morgan fingerprint density at radius 1 is 1.37 bits per heavy atom. The number of anilines is 1. The zero-order chi connectivity index (χ0) is 14.2. The maximum Gasteiger partial charge on any atom is 0.405 e. The van der Waals surface area contributed by atoms with Crippen LogP contribution in [0.3, 0.4) is 0 Å². The minimum absolute atomic E-state index is 0.0707. The van der Waals surface area contributed by atoms with Gasteiger partial charge >= 0.3 is 6.18 Å². The molecule has 0 aromatic heterocycles. The van der Waals surface area contributed by atoms with Crippen molar-refractivity contribution in [2.75, 3.05) is 11.4 Å². The van der Waals surface area contributed by atoms with Gasteiger partial charge in [0.25, 0.3) is 0 Å². The van der Waals surface area contributed by atoms with Crippen LogP contribution in [0.1, 0.15) is 31.4 Å². The second kappa shape index (κ2) is 5.00. The molecule has 106 valence electrons. The highest BCUT2D eigenvalue weighted by molar-refractivity contribution is 5.57. The number of hydrogen-bond acceptors (Lipinski definition) is 2. The molecule has 0 bridgehead atoms. The lowest BCUT2D eigenvalue weighted by atomic mass is 10.1. The summed E-state index contributed by atoms with van der Waals surface area (Å²) >= 11 is 0. The Morgan fingerprint density at radius 2 is 2.00 bits per heavy atom. The van der Waals surface area contributed by atoms with Crippen LogP contribution in [-0.4, -0.2) is 23.9 Å². The summed E-state index contributed by atoms with van der Waals surface area (Å²) in [7, 11) is 0. The van der Waals surface area contributed by atoms with Crippen molar-refractivity contribution in [3.8, 4) is 0 Å². The van der Waals surface area contributed by atoms with Crippen molar-refractivity contribution in [1.82, 2.24) is 0 Å². The summed E-state index contributed by atoms with van der Waals surface area (Å²) in [6.45, 7) is 0.224. The Labute approximate surface area is 108 Å². The topological polar surface area (TPSA) is 23.5 Å². The van der Waals surface area contributed by atoms with Crippen LogP contribution >= 0.6 is 0 Å². The predicted octanol–water partition coefficient (Wildman–Crippen LogP) is 3.41. The van der Waals surface area contributed by atoms with Gasteiger partial charge in [-0.2, -0.15) is 13.2 Å². The molecule has 2 rings (SSSR count). The van der Waals surface area contributed by atoms with Crippen LogP contribution in [-0.2, 0) is 0 Å². The molecule has 1 unspecified atom stereocenters. The molecule has 0 spiro atoms. The lowest BCUT2D eigenvalue weighted by Gasteiger charge is -2.29. The molecule has 0 heterocycles. The fraction of sp³-hybridized carbons (Fsp3) is 0.538. The summed E-state index contributed by atoms with van der Waals surface area (Å²) in [6.07, 6.45) is -4.19. The Bertz CT molecular complexity index is 454. The van der Waals surface area contributed by atoms with Crippen molar-refractivity contribution < 1.29 is 22.7 Å². The second-order valence-electron chi connectivity index (χ2n) is 4.82. The largest absolute Gasteiger partial charge is 0.405 e. The molecule has 1 aromatic rings. The van der Waals surface area contributed by atoms with E-state index in [0.29, 0.717) is 12.8 Å². The summed E-state index contributed by atoms with van der Waals surface area (Å²) in [6, 6.07) is 3.71. The van der Waals surface area contributed by atoms with Gasteiger partial charge in [-0.3, -0.25) is 0 Å². The van der Waals surface area contributed by atoms with E-state index in [-0.39, 0.29) is 17.3 Å². The smallest absolute Gasteiger partial charge is 0.389 e. The fourth-order valence-electron chi connectivity index (χ4n) is 2.18. The van der Waals surface area contributed by atoms with E-state index >= 15 is 0 Å². The molecule has 1 fully saturated rings. The van der Waals surface area contributed by atoms with E-state index in [1.807, 2.05) is 0 Å². The summed E-state index contributed by atoms with van der Waals surface area (Å²) in [5, 5.41) is 9.59. The molecule has 1 atom stereocenters. The molecule has 6 heteroatoms. The Balaban J connectivity index is 2.39. The third kappa shape index (κ3) is 3.37. The number of aliphatic hydroxyl groups is 1. The van der Waals surface area contributed by atoms with Gasteiger partial charge in [-0.25, -0.2) is 4.39 Å². The molecule has 1 aromatic carbocycles. The van der Waals surface area contributed by atoms with Gasteiger partial charge in [0.2, 0.25) is 0 Å². The van der Waals surface area contributed by atoms with Gasteiger partial charge in [-0.05, 0) is 31.9 Å². The van der Waals surface area contributed by atoms with Gasteiger partial charge in [-0.1, -0.05) is 6.07 Å². The van der Waals surface area contributed by atoms with E-state index < -0.39 is 24.6 Å². The molecule has 1 aliphatic carbocycles. The van der Waals surface area contributed by atoms with Crippen LogP contribution in [0, 0.1) is 5.82 Å². The monoisotopic (exact) mass is 277 g/mol. The number of nitrogens with zero attached hydrogens (tertiary/aromatic N) is 1. The first-order chi connectivity index (χ1) is 8.79. The molecular formula is C13H15F4NO. The summed E-state index contributed by atoms with van der Waals surface area (Å²) in [5.41, 5.74) is 0.0634. The second-order valence-corrected chi connectivity index (χ2v) is 4.82. The minimum Gasteiger partial charge on any atom is -0.389 e. The normalized spacial score (nSPS) is 17.4. The van der Waals surface area contributed by atoms with E-state index in [9.17, 15) is 22.7 Å². The number of rotatable bonds is 4. The molecule has 1 aliphatic rings. The molecule has 19 heavy (non-hydrogen) atoms. The molecule has 0 amide bonds. The van der Waals surface area contributed by atoms with Crippen LogP contribution in [0.5, 0.6) is 0 Å². The van der Waals surface area contributed by atoms with Gasteiger partial charge in [0, 0.05) is 17.3 Å². The predicted molar refractivity (Wildman–Crippen MR) is 63.5 cm³/mol. The van der Waals surface area contributed by atoms with Gasteiger partial charge < -0.3 is 10.0 Å². The van der Waals surface area contributed by atoms with Crippen LogP contribution in [0.15, 0.2) is 18.2 Å². The van der Waals surface area contributed by atoms with E-state index in [2.05, 4.69) is 0 Å². The molecule has 0 aliphatic heterocycles. The first-order valence-electron chi connectivity index (χ1n) is 6.09. The van der Waals surface area contributed by atoms with Crippen molar-refractivity contribution in [2.45, 2.75) is 38.1 Å². The SMILES string of the molecule is CC(O)c1c(F)cccc1N(CC(F)(F)F)C1CC1. The molecule has 2 nitrogen and oxygen atoms in total. The Morgan fingerprint density at radius 3 is 2.47 bits per heavy atom. The van der Waals surface area contributed by atoms with Crippen LogP contribution in [0.25, 0.3) is 0 Å². The standard InChI is InChI=1S/C13H15F4NO/c1-8(19)12-10(14)3-2-4-11(12)18(9-5-6-9)7-13(15,16)17/h2-4,8-9,19H,5-7H2,1H3. The number of hydrogen-bond donors (Lipinski definition) is 1. The molecule has 1 saturated carbocycles. The van der Waals surface area contributed by atoms with Gasteiger partial charge in [0.1, 0.15) is 12.4 Å². The van der Waals surface area contributed by atoms with Crippen molar-refractivity contribution in [1.29, 1.82) is 0 Å². The van der Waals surface area contributed by atoms with Gasteiger partial charge in [-0.15, -0.1) is 0 Å². The van der Waals surface area contributed by atoms with Crippen molar-refractivity contribution in [2.24, 2.45) is 0 Å². The number of alkyl halides is 3. The third-order valence-electron chi connectivity index (χ3n) is 3.09. The quantitative estimate of drug-likeness (QED) is 0.852. The van der Waals surface area contributed by atoms with E-state index in [1.165, 1.54) is 19.1 Å². The number of halogens is 4. The first-order valence-corrected chi connectivity index (χ1v) is 6.09. The molecular weight excluding hydrogens is 262 g/mol. The van der Waals surface area contributed by atoms with Crippen molar-refractivity contribution >= 4 is 5.69 Å². The Kier molecular flexibility index (Phi) is 3.71. The molecule has 0 saturated heterocycles. The lowest BCUT2D eigenvalue weighted by Crippen LogP contribution is -2.36. The fourth-order valence-corrected chi connectivity index (χ4v) is 2.18. The van der Waals surface area contributed by atoms with E-state index in [4.69, 9.17) is 0 Å². The highest BCUT2D eigenvalue weighted by Gasteiger charge is 2.39. The lowest BCUT2D eigenvalue weighted by molar-refractivity contribution is -0.120. The average Bonchev–Trinajstić information content (AvgIpc) is 3.07. The number of benzene rings is 1. The van der Waals surface area contributed by atoms with E-state index in [0.717, 1.165) is 11.0 Å². The van der Waals surface area contributed by atoms with E-state index in [1.54, 1.807) is 0 Å². The van der Waals surface area contributed by atoms with Gasteiger partial charge in [0.05, 0.1) is 6.10 Å². The summed E-state index contributed by atoms with van der Waals surface area (Å²) in [5.74, 6) is -0.680. The summed E-state index contributed by atoms with van der Waals surface area (Å²) < 4.78 is 51.6. The van der Waals surface area contributed by atoms with Crippen LogP contribution in [0.4, 0.5) is 23.2 Å². The Hall–Kier alpha value is -1.30.